The summed E-state index contributed by atoms with van der Waals surface area (Å²) in [6, 6.07) is 18.9. The van der Waals surface area contributed by atoms with Gasteiger partial charge in [-0.2, -0.15) is 4.31 Å². The van der Waals surface area contributed by atoms with Crippen molar-refractivity contribution in [1.82, 2.24) is 14.5 Å². The third-order valence-corrected chi connectivity index (χ3v) is 11.0. The molecule has 37 heavy (non-hydrogen) atoms. The molecule has 2 aromatic carbocycles. The van der Waals surface area contributed by atoms with Crippen molar-refractivity contribution >= 4 is 27.1 Å². The van der Waals surface area contributed by atoms with Crippen LogP contribution in [0.5, 0.6) is 0 Å². The second-order valence-corrected chi connectivity index (χ2v) is 13.0. The van der Waals surface area contributed by atoms with Gasteiger partial charge in [-0.1, -0.05) is 67.1 Å². The van der Waals surface area contributed by atoms with E-state index in [0.29, 0.717) is 30.1 Å². The van der Waals surface area contributed by atoms with E-state index in [1.807, 2.05) is 36.4 Å². The summed E-state index contributed by atoms with van der Waals surface area (Å²) in [5, 5.41) is 27.5. The minimum atomic E-state index is -3.67. The Bertz CT molecular complexity index is 1390. The van der Waals surface area contributed by atoms with Gasteiger partial charge < -0.3 is 15.5 Å². The molecular weight excluding hydrogens is 506 g/mol. The quantitative estimate of drug-likeness (QED) is 0.392. The number of aliphatic hydroxyl groups is 2. The Kier molecular flexibility index (Phi) is 6.68. The minimum absolute atomic E-state index is 0.0366. The Hall–Kier alpha value is -2.53. The molecule has 1 aliphatic carbocycles. The van der Waals surface area contributed by atoms with Gasteiger partial charge in [0.05, 0.1) is 6.04 Å². The summed E-state index contributed by atoms with van der Waals surface area (Å²) >= 11 is 1.20. The van der Waals surface area contributed by atoms with Gasteiger partial charge in [0, 0.05) is 36.0 Å². The largest absolute Gasteiger partial charge is 0.374 e. The Labute approximate surface area is 221 Å². The zero-order valence-corrected chi connectivity index (χ0v) is 22.0. The Morgan fingerprint density at radius 2 is 1.89 bits per heavy atom. The fourth-order valence-electron chi connectivity index (χ4n) is 5.98. The molecule has 0 bridgehead atoms. The molecule has 3 heterocycles. The SMILES string of the molecule is O=S(=O)(c1cccs1)N1CCCCC1C(O)NC1=CCC2c3c1cccc3C(O)N2Cc1ccccc1. The molecule has 3 aromatic rings. The summed E-state index contributed by atoms with van der Waals surface area (Å²) in [7, 11) is -3.67. The number of nitrogens with one attached hydrogen (secondary N) is 1. The molecule has 4 unspecified atom stereocenters. The first kappa shape index (κ1) is 24.8. The van der Waals surface area contributed by atoms with E-state index in [1.165, 1.54) is 15.6 Å². The number of hydrogen-bond donors (Lipinski definition) is 3. The number of aliphatic hydroxyl groups excluding tert-OH is 2. The predicted octanol–water partition coefficient (Wildman–Crippen LogP) is 4.19. The van der Waals surface area contributed by atoms with E-state index >= 15 is 0 Å². The van der Waals surface area contributed by atoms with Gasteiger partial charge in [0.15, 0.2) is 0 Å². The highest BCUT2D eigenvalue weighted by Crippen LogP contribution is 2.49. The normalized spacial score (nSPS) is 24.9. The summed E-state index contributed by atoms with van der Waals surface area (Å²) in [5.41, 5.74) is 4.84. The van der Waals surface area contributed by atoms with Crippen molar-refractivity contribution in [2.75, 3.05) is 6.54 Å². The zero-order chi connectivity index (χ0) is 25.6. The fourth-order valence-corrected chi connectivity index (χ4v) is 8.79. The van der Waals surface area contributed by atoms with Crippen LogP contribution in [0.3, 0.4) is 0 Å². The number of thiophene rings is 1. The van der Waals surface area contributed by atoms with Crippen molar-refractivity contribution in [2.24, 2.45) is 0 Å². The van der Waals surface area contributed by atoms with E-state index < -0.39 is 28.5 Å². The molecule has 3 N–H and O–H groups in total. The van der Waals surface area contributed by atoms with Crippen molar-refractivity contribution < 1.29 is 18.6 Å². The molecule has 2 aliphatic heterocycles. The third-order valence-electron chi connectivity index (χ3n) is 7.73. The number of piperidine rings is 1. The monoisotopic (exact) mass is 537 g/mol. The van der Waals surface area contributed by atoms with Crippen molar-refractivity contribution in [3.8, 4) is 0 Å². The first-order valence-corrected chi connectivity index (χ1v) is 15.1. The van der Waals surface area contributed by atoms with Crippen LogP contribution in [0.25, 0.3) is 5.70 Å². The number of sulfonamides is 1. The van der Waals surface area contributed by atoms with Crippen molar-refractivity contribution in [3.63, 3.8) is 0 Å². The molecule has 3 aliphatic rings. The maximum atomic E-state index is 13.3. The standard InChI is InChI=1S/C28H31N3O4S2/c32-27(24-12-4-5-16-31(24)37(34,35)25-13-7-17-36-25)29-22-14-15-23-26-20(22)10-6-11-21(26)28(33)30(23)18-19-8-2-1-3-9-19/h1-3,6-11,13-14,17,23-24,27-29,32-33H,4-5,12,15-16,18H2. The second kappa shape index (κ2) is 9.98. The number of rotatable bonds is 7. The maximum Gasteiger partial charge on any atom is 0.252 e. The van der Waals surface area contributed by atoms with Crippen molar-refractivity contribution in [2.45, 2.75) is 61.0 Å². The van der Waals surface area contributed by atoms with Crippen LogP contribution >= 0.6 is 11.3 Å². The summed E-state index contributed by atoms with van der Waals surface area (Å²) < 4.78 is 28.4. The highest BCUT2D eigenvalue weighted by molar-refractivity contribution is 7.91. The predicted molar refractivity (Wildman–Crippen MR) is 144 cm³/mol. The van der Waals surface area contributed by atoms with Crippen molar-refractivity contribution in [3.05, 3.63) is 94.4 Å². The van der Waals surface area contributed by atoms with Gasteiger partial charge >= 0.3 is 0 Å². The van der Waals surface area contributed by atoms with Crippen LogP contribution in [0.2, 0.25) is 0 Å². The number of benzene rings is 2. The van der Waals surface area contributed by atoms with Gasteiger partial charge in [-0.15, -0.1) is 11.3 Å². The Morgan fingerprint density at radius 3 is 2.68 bits per heavy atom. The average molecular weight is 538 g/mol. The summed E-state index contributed by atoms with van der Waals surface area (Å²) in [5.74, 6) is 0. The van der Waals surface area contributed by atoms with Crippen LogP contribution in [0.4, 0.5) is 0 Å². The van der Waals surface area contributed by atoms with E-state index in [9.17, 15) is 18.6 Å². The molecule has 0 amide bonds. The van der Waals surface area contributed by atoms with Crippen LogP contribution in [0.1, 0.15) is 60.2 Å². The molecule has 9 heteroatoms. The highest BCUT2D eigenvalue weighted by atomic mass is 32.2. The first-order valence-electron chi connectivity index (χ1n) is 12.8. The van der Waals surface area contributed by atoms with E-state index in [4.69, 9.17) is 0 Å². The van der Waals surface area contributed by atoms with E-state index in [-0.39, 0.29) is 6.04 Å². The van der Waals surface area contributed by atoms with Crippen LogP contribution in [-0.4, -0.2) is 46.7 Å². The van der Waals surface area contributed by atoms with E-state index in [0.717, 1.165) is 40.8 Å². The van der Waals surface area contributed by atoms with Crippen molar-refractivity contribution in [1.29, 1.82) is 0 Å². The molecular formula is C28H31N3O4S2. The van der Waals surface area contributed by atoms with E-state index in [2.05, 4.69) is 28.4 Å². The highest BCUT2D eigenvalue weighted by Gasteiger charge is 2.42. The smallest absolute Gasteiger partial charge is 0.252 e. The number of hydrogen-bond acceptors (Lipinski definition) is 7. The van der Waals surface area contributed by atoms with Crippen LogP contribution < -0.4 is 5.32 Å². The summed E-state index contributed by atoms with van der Waals surface area (Å²) in [6.07, 6.45) is 3.22. The lowest BCUT2D eigenvalue weighted by Gasteiger charge is -2.38. The molecule has 194 valence electrons. The molecule has 6 rings (SSSR count). The minimum Gasteiger partial charge on any atom is -0.374 e. The third kappa shape index (κ3) is 4.43. The lowest BCUT2D eigenvalue weighted by molar-refractivity contribution is -0.0141. The fraction of sp³-hybridized carbons (Fsp3) is 0.357. The first-order chi connectivity index (χ1) is 17.9. The summed E-state index contributed by atoms with van der Waals surface area (Å²) in [6.45, 7) is 1.03. The van der Waals surface area contributed by atoms with Crippen LogP contribution in [0.15, 0.2) is 76.3 Å². The topological polar surface area (TPSA) is 93.1 Å². The summed E-state index contributed by atoms with van der Waals surface area (Å²) in [4.78, 5) is 2.11. The molecule has 0 spiro atoms. The average Bonchev–Trinajstić information content (AvgIpc) is 3.56. The Morgan fingerprint density at radius 1 is 1.05 bits per heavy atom. The van der Waals surface area contributed by atoms with E-state index in [1.54, 1.807) is 17.5 Å². The molecule has 1 fully saturated rings. The second-order valence-electron chi connectivity index (χ2n) is 9.91. The van der Waals surface area contributed by atoms with Gasteiger partial charge in [-0.3, -0.25) is 4.90 Å². The van der Waals surface area contributed by atoms with Crippen LogP contribution in [0, 0.1) is 0 Å². The van der Waals surface area contributed by atoms with Crippen LogP contribution in [-0.2, 0) is 16.6 Å². The van der Waals surface area contributed by atoms with Gasteiger partial charge in [0.2, 0.25) is 0 Å². The maximum absolute atomic E-state index is 13.3. The Balaban J connectivity index is 1.25. The molecule has 1 aromatic heterocycles. The van der Waals surface area contributed by atoms with Gasteiger partial charge in [-0.25, -0.2) is 8.42 Å². The molecule has 0 saturated carbocycles. The lowest BCUT2D eigenvalue weighted by Crippen LogP contribution is -2.53. The van der Waals surface area contributed by atoms with Gasteiger partial charge in [0.1, 0.15) is 16.7 Å². The molecule has 7 nitrogen and oxygen atoms in total. The molecule has 0 radical (unpaired) electrons. The molecule has 1 saturated heterocycles. The zero-order valence-electron chi connectivity index (χ0n) is 20.4. The number of nitrogens with zero attached hydrogens (tertiary/aromatic N) is 2. The lowest BCUT2D eigenvalue weighted by atomic mass is 9.89. The van der Waals surface area contributed by atoms with Gasteiger partial charge in [-0.05, 0) is 41.8 Å². The molecule has 4 atom stereocenters. The van der Waals surface area contributed by atoms with Gasteiger partial charge in [0.25, 0.3) is 10.0 Å².